The Hall–Kier alpha value is -1.34. The molecule has 0 aliphatic rings. The molecule has 0 bridgehead atoms. The molecule has 64 valence electrons. The van der Waals surface area contributed by atoms with E-state index in [2.05, 4.69) is 21.3 Å². The normalized spacial score (nSPS) is 12.4. The molecule has 0 saturated carbocycles. The van der Waals surface area contributed by atoms with Gasteiger partial charge in [0.15, 0.2) is 0 Å². The fourth-order valence-electron chi connectivity index (χ4n) is 0.783. The Labute approximate surface area is 72.0 Å². The predicted molar refractivity (Wildman–Crippen MR) is 46.1 cm³/mol. The molecular formula is C8H12N4. The van der Waals surface area contributed by atoms with Crippen molar-refractivity contribution in [2.75, 3.05) is 0 Å². The van der Waals surface area contributed by atoms with Gasteiger partial charge in [0.05, 0.1) is 12.6 Å². The molecule has 1 unspecified atom stereocenters. The van der Waals surface area contributed by atoms with E-state index in [1.165, 1.54) is 6.33 Å². The summed E-state index contributed by atoms with van der Waals surface area (Å²) >= 11 is 0. The van der Waals surface area contributed by atoms with Crippen molar-refractivity contribution in [3.05, 3.63) is 12.2 Å². The van der Waals surface area contributed by atoms with Crippen LogP contribution < -0.4 is 5.32 Å². The van der Waals surface area contributed by atoms with E-state index in [4.69, 9.17) is 6.42 Å². The number of nitrogens with zero attached hydrogens (tertiary/aromatic N) is 3. The average molecular weight is 164 g/mol. The van der Waals surface area contributed by atoms with E-state index in [1.807, 2.05) is 14.0 Å². The number of rotatable bonds is 3. The van der Waals surface area contributed by atoms with Crippen LogP contribution in [0.15, 0.2) is 6.33 Å². The standard InChI is InChI=1S/C8H12N4/c1-4-7(2)9-5-8-10-6-11-12(8)3/h1,6-7,9H,5H2,2-3H3. The highest BCUT2D eigenvalue weighted by atomic mass is 15.3. The molecule has 4 nitrogen and oxygen atoms in total. The average Bonchev–Trinajstić information content (AvgIpc) is 2.47. The van der Waals surface area contributed by atoms with Crippen LogP contribution in [0.5, 0.6) is 0 Å². The minimum Gasteiger partial charge on any atom is -0.297 e. The molecule has 1 heterocycles. The summed E-state index contributed by atoms with van der Waals surface area (Å²) in [6, 6.07) is 0.0710. The molecule has 1 rings (SSSR count). The molecule has 0 aromatic carbocycles. The molecule has 0 aliphatic heterocycles. The van der Waals surface area contributed by atoms with Crippen LogP contribution in [0.1, 0.15) is 12.7 Å². The van der Waals surface area contributed by atoms with Crippen LogP contribution in [0.2, 0.25) is 0 Å². The molecule has 0 saturated heterocycles. The minimum absolute atomic E-state index is 0.0710. The molecule has 12 heavy (non-hydrogen) atoms. The van der Waals surface area contributed by atoms with Crippen molar-refractivity contribution in [1.82, 2.24) is 20.1 Å². The number of aromatic nitrogens is 3. The lowest BCUT2D eigenvalue weighted by Gasteiger charge is -2.05. The fourth-order valence-corrected chi connectivity index (χ4v) is 0.783. The Morgan fingerprint density at radius 3 is 3.08 bits per heavy atom. The first-order valence-electron chi connectivity index (χ1n) is 3.76. The van der Waals surface area contributed by atoms with E-state index >= 15 is 0 Å². The molecule has 0 amide bonds. The summed E-state index contributed by atoms with van der Waals surface area (Å²) in [6.07, 6.45) is 6.72. The maximum absolute atomic E-state index is 5.19. The van der Waals surface area contributed by atoms with Gasteiger partial charge >= 0.3 is 0 Å². The molecule has 4 heteroatoms. The third-order valence-electron chi connectivity index (χ3n) is 1.62. The number of hydrogen-bond acceptors (Lipinski definition) is 3. The van der Waals surface area contributed by atoms with Crippen molar-refractivity contribution in [1.29, 1.82) is 0 Å². The van der Waals surface area contributed by atoms with Gasteiger partial charge in [-0.15, -0.1) is 6.42 Å². The largest absolute Gasteiger partial charge is 0.297 e. The van der Waals surface area contributed by atoms with Gasteiger partial charge in [-0.05, 0) is 6.92 Å². The smallest absolute Gasteiger partial charge is 0.140 e. The topological polar surface area (TPSA) is 42.7 Å². The highest BCUT2D eigenvalue weighted by molar-refractivity contribution is 4.97. The summed E-state index contributed by atoms with van der Waals surface area (Å²) in [6.45, 7) is 2.58. The molecule has 1 atom stereocenters. The summed E-state index contributed by atoms with van der Waals surface area (Å²) in [5.74, 6) is 3.46. The number of aryl methyl sites for hydroxylation is 1. The van der Waals surface area contributed by atoms with Crippen molar-refractivity contribution in [3.8, 4) is 12.3 Å². The van der Waals surface area contributed by atoms with Gasteiger partial charge in [0, 0.05) is 7.05 Å². The Morgan fingerprint density at radius 1 is 1.83 bits per heavy atom. The van der Waals surface area contributed by atoms with E-state index in [0.717, 1.165) is 5.82 Å². The minimum atomic E-state index is 0.0710. The summed E-state index contributed by atoms with van der Waals surface area (Å²) < 4.78 is 1.72. The van der Waals surface area contributed by atoms with E-state index in [-0.39, 0.29) is 6.04 Å². The molecule has 0 fully saturated rings. The summed E-state index contributed by atoms with van der Waals surface area (Å²) in [5.41, 5.74) is 0. The van der Waals surface area contributed by atoms with E-state index in [0.29, 0.717) is 6.54 Å². The van der Waals surface area contributed by atoms with Crippen LogP contribution in [0.4, 0.5) is 0 Å². The van der Waals surface area contributed by atoms with Crippen LogP contribution in [-0.4, -0.2) is 20.8 Å². The lowest BCUT2D eigenvalue weighted by molar-refractivity contribution is 0.590. The van der Waals surface area contributed by atoms with Crippen LogP contribution in [0, 0.1) is 12.3 Å². The molecule has 0 spiro atoms. The summed E-state index contributed by atoms with van der Waals surface area (Å²) in [7, 11) is 1.85. The monoisotopic (exact) mass is 164 g/mol. The number of terminal acetylenes is 1. The Bertz CT molecular complexity index is 283. The second-order valence-electron chi connectivity index (χ2n) is 2.57. The second-order valence-corrected chi connectivity index (χ2v) is 2.57. The van der Waals surface area contributed by atoms with Gasteiger partial charge in [-0.3, -0.25) is 10.00 Å². The molecule has 1 N–H and O–H groups in total. The summed E-state index contributed by atoms with van der Waals surface area (Å²) in [5, 5.41) is 7.05. The van der Waals surface area contributed by atoms with Gasteiger partial charge in [0.2, 0.25) is 0 Å². The van der Waals surface area contributed by atoms with E-state index in [1.54, 1.807) is 4.68 Å². The molecule has 1 aromatic rings. The van der Waals surface area contributed by atoms with Crippen LogP contribution in [0.25, 0.3) is 0 Å². The van der Waals surface area contributed by atoms with Crippen LogP contribution >= 0.6 is 0 Å². The van der Waals surface area contributed by atoms with Gasteiger partial charge in [-0.1, -0.05) is 5.92 Å². The third-order valence-corrected chi connectivity index (χ3v) is 1.62. The van der Waals surface area contributed by atoms with Crippen molar-refractivity contribution in [2.24, 2.45) is 7.05 Å². The first kappa shape index (κ1) is 8.75. The number of nitrogens with one attached hydrogen (secondary N) is 1. The maximum Gasteiger partial charge on any atom is 0.140 e. The zero-order valence-corrected chi connectivity index (χ0v) is 7.28. The van der Waals surface area contributed by atoms with Crippen molar-refractivity contribution < 1.29 is 0 Å². The SMILES string of the molecule is C#CC(C)NCc1ncnn1C. The molecule has 1 aromatic heterocycles. The van der Waals surface area contributed by atoms with E-state index < -0.39 is 0 Å². The van der Waals surface area contributed by atoms with Gasteiger partial charge in [-0.2, -0.15) is 5.10 Å². The quantitative estimate of drug-likeness (QED) is 0.636. The zero-order valence-electron chi connectivity index (χ0n) is 7.28. The highest BCUT2D eigenvalue weighted by Gasteiger charge is 2.00. The van der Waals surface area contributed by atoms with Gasteiger partial charge in [0.25, 0.3) is 0 Å². The highest BCUT2D eigenvalue weighted by Crippen LogP contribution is 1.90. The zero-order chi connectivity index (χ0) is 8.97. The number of hydrogen-bond donors (Lipinski definition) is 1. The van der Waals surface area contributed by atoms with Gasteiger partial charge in [0.1, 0.15) is 12.2 Å². The lowest BCUT2D eigenvalue weighted by Crippen LogP contribution is -2.25. The van der Waals surface area contributed by atoms with Crippen LogP contribution in [0.3, 0.4) is 0 Å². The molecule has 0 aliphatic carbocycles. The third kappa shape index (κ3) is 2.07. The van der Waals surface area contributed by atoms with E-state index in [9.17, 15) is 0 Å². The lowest BCUT2D eigenvalue weighted by atomic mass is 10.3. The fraction of sp³-hybridized carbons (Fsp3) is 0.500. The Morgan fingerprint density at radius 2 is 2.58 bits per heavy atom. The molecular weight excluding hydrogens is 152 g/mol. The van der Waals surface area contributed by atoms with Crippen molar-refractivity contribution in [2.45, 2.75) is 19.5 Å². The Kier molecular flexibility index (Phi) is 2.83. The van der Waals surface area contributed by atoms with Gasteiger partial charge in [-0.25, -0.2) is 4.98 Å². The summed E-state index contributed by atoms with van der Waals surface area (Å²) in [4.78, 5) is 4.04. The molecule has 0 radical (unpaired) electrons. The van der Waals surface area contributed by atoms with Crippen molar-refractivity contribution in [3.63, 3.8) is 0 Å². The van der Waals surface area contributed by atoms with Crippen molar-refractivity contribution >= 4 is 0 Å². The maximum atomic E-state index is 5.19. The first-order chi connectivity index (χ1) is 5.74. The Balaban J connectivity index is 2.44. The van der Waals surface area contributed by atoms with Crippen LogP contribution in [-0.2, 0) is 13.6 Å². The van der Waals surface area contributed by atoms with Gasteiger partial charge < -0.3 is 0 Å². The second kappa shape index (κ2) is 3.88. The first-order valence-corrected chi connectivity index (χ1v) is 3.76. The predicted octanol–water partition coefficient (Wildman–Crippen LogP) is -0.0736.